The van der Waals surface area contributed by atoms with E-state index in [1.807, 2.05) is 0 Å². The Morgan fingerprint density at radius 2 is 1.78 bits per heavy atom. The van der Waals surface area contributed by atoms with E-state index < -0.39 is 28.7 Å². The molecule has 32 heavy (non-hydrogen) atoms. The normalized spacial score (nSPS) is 14.3. The topological polar surface area (TPSA) is 148 Å². The van der Waals surface area contributed by atoms with Crippen LogP contribution < -0.4 is 21.3 Å². The molecule has 0 radical (unpaired) electrons. The van der Waals surface area contributed by atoms with Crippen LogP contribution in [0, 0.1) is 10.1 Å². The van der Waals surface area contributed by atoms with E-state index in [2.05, 4.69) is 15.5 Å². The molecule has 10 nitrogen and oxygen atoms in total. The molecule has 3 amide bonds. The first kappa shape index (κ1) is 22.7. The molecule has 0 saturated carbocycles. The zero-order valence-corrected chi connectivity index (χ0v) is 17.7. The number of piperidine rings is 1. The fourth-order valence-electron chi connectivity index (χ4n) is 3.55. The van der Waals surface area contributed by atoms with Gasteiger partial charge in [0, 0.05) is 36.3 Å². The minimum absolute atomic E-state index is 0.0728. The molecule has 2 aromatic rings. The molecule has 1 atom stereocenters. The van der Waals surface area contributed by atoms with Crippen molar-refractivity contribution < 1.29 is 19.3 Å². The third kappa shape index (κ3) is 5.39. The second-order valence-corrected chi connectivity index (χ2v) is 7.64. The highest BCUT2D eigenvalue weighted by Gasteiger charge is 2.22. The van der Waals surface area contributed by atoms with Crippen molar-refractivity contribution in [3.05, 3.63) is 63.7 Å². The first-order valence-corrected chi connectivity index (χ1v) is 10.3. The highest BCUT2D eigenvalue weighted by Crippen LogP contribution is 2.30. The van der Waals surface area contributed by atoms with Crippen LogP contribution in [-0.2, 0) is 4.79 Å². The molecule has 2 aromatic carbocycles. The minimum Gasteiger partial charge on any atom is -0.370 e. The molecule has 1 unspecified atom stereocenters. The van der Waals surface area contributed by atoms with Crippen LogP contribution in [-0.4, -0.2) is 41.8 Å². The van der Waals surface area contributed by atoms with Crippen molar-refractivity contribution in [1.82, 2.24) is 5.32 Å². The van der Waals surface area contributed by atoms with Crippen molar-refractivity contribution in [3.8, 4) is 0 Å². The van der Waals surface area contributed by atoms with Crippen LogP contribution in [0.25, 0.3) is 0 Å². The quantitative estimate of drug-likeness (QED) is 0.446. The Kier molecular flexibility index (Phi) is 7.04. The smallest absolute Gasteiger partial charge is 0.270 e. The van der Waals surface area contributed by atoms with Gasteiger partial charge in [-0.3, -0.25) is 24.5 Å². The molecule has 0 aliphatic carbocycles. The van der Waals surface area contributed by atoms with E-state index >= 15 is 0 Å². The number of anilines is 2. The molecule has 0 spiro atoms. The standard InChI is InChI=1S/C22H25N5O5/c1-14(24-22(30)16-6-5-7-17(12-16)27(31)32)21(29)25-18-13-15(20(23)28)8-9-19(18)26-10-3-2-4-11-26/h5-9,12-14H,2-4,10-11H2,1H3,(H2,23,28)(H,24,30)(H,25,29). The van der Waals surface area contributed by atoms with E-state index in [0.717, 1.165) is 44.1 Å². The maximum atomic E-state index is 12.8. The number of benzene rings is 2. The Hall–Kier alpha value is -3.95. The van der Waals surface area contributed by atoms with Gasteiger partial charge < -0.3 is 21.3 Å². The van der Waals surface area contributed by atoms with E-state index in [0.29, 0.717) is 5.69 Å². The number of non-ortho nitro benzene ring substituents is 1. The second kappa shape index (κ2) is 9.90. The molecule has 1 aliphatic heterocycles. The van der Waals surface area contributed by atoms with Gasteiger partial charge in [-0.25, -0.2) is 0 Å². The fraction of sp³-hybridized carbons (Fsp3) is 0.318. The summed E-state index contributed by atoms with van der Waals surface area (Å²) in [6.07, 6.45) is 3.19. The molecule has 0 aromatic heterocycles. The SMILES string of the molecule is CC(NC(=O)c1cccc([N+](=O)[O-])c1)C(=O)Nc1cc(C(N)=O)ccc1N1CCCCC1. The summed E-state index contributed by atoms with van der Waals surface area (Å²) in [6.45, 7) is 3.17. The number of nitrogens with one attached hydrogen (secondary N) is 2. The van der Waals surface area contributed by atoms with Gasteiger partial charge in [0.25, 0.3) is 11.6 Å². The first-order valence-electron chi connectivity index (χ1n) is 10.3. The average molecular weight is 439 g/mol. The Morgan fingerprint density at radius 1 is 1.06 bits per heavy atom. The lowest BCUT2D eigenvalue weighted by molar-refractivity contribution is -0.384. The molecule has 1 heterocycles. The first-order chi connectivity index (χ1) is 15.3. The van der Waals surface area contributed by atoms with Gasteiger partial charge in [-0.05, 0) is 50.5 Å². The summed E-state index contributed by atoms with van der Waals surface area (Å²) in [5.41, 5.74) is 6.72. The molecule has 1 fully saturated rings. The Labute approximate surface area is 184 Å². The number of rotatable bonds is 7. The van der Waals surface area contributed by atoms with E-state index in [1.54, 1.807) is 12.1 Å². The maximum absolute atomic E-state index is 12.8. The Morgan fingerprint density at radius 3 is 2.44 bits per heavy atom. The van der Waals surface area contributed by atoms with Gasteiger partial charge >= 0.3 is 0 Å². The third-order valence-corrected chi connectivity index (χ3v) is 5.30. The molecule has 10 heteroatoms. The van der Waals surface area contributed by atoms with Gasteiger partial charge in [0.1, 0.15) is 6.04 Å². The van der Waals surface area contributed by atoms with Gasteiger partial charge in [-0.2, -0.15) is 0 Å². The van der Waals surface area contributed by atoms with Crippen molar-refractivity contribution >= 4 is 34.8 Å². The zero-order valence-electron chi connectivity index (χ0n) is 17.7. The molecule has 4 N–H and O–H groups in total. The van der Waals surface area contributed by atoms with Crippen molar-refractivity contribution in [3.63, 3.8) is 0 Å². The lowest BCUT2D eigenvalue weighted by atomic mass is 10.1. The van der Waals surface area contributed by atoms with E-state index in [9.17, 15) is 24.5 Å². The van der Waals surface area contributed by atoms with Crippen LogP contribution in [0.4, 0.5) is 17.1 Å². The number of carbonyl (C=O) groups is 3. The Balaban J connectivity index is 1.75. The number of hydrogen-bond donors (Lipinski definition) is 3. The summed E-state index contributed by atoms with van der Waals surface area (Å²) in [7, 11) is 0. The highest BCUT2D eigenvalue weighted by molar-refractivity contribution is 6.03. The van der Waals surface area contributed by atoms with Crippen molar-refractivity contribution in [2.24, 2.45) is 5.73 Å². The summed E-state index contributed by atoms with van der Waals surface area (Å²) < 4.78 is 0. The van der Waals surface area contributed by atoms with Gasteiger partial charge in [0.2, 0.25) is 11.8 Å². The van der Waals surface area contributed by atoms with Crippen LogP contribution in [0.2, 0.25) is 0 Å². The molecule has 0 bridgehead atoms. The predicted octanol–water partition coefficient (Wildman–Crippen LogP) is 2.44. The summed E-state index contributed by atoms with van der Waals surface area (Å²) in [5, 5.41) is 16.2. The minimum atomic E-state index is -0.937. The van der Waals surface area contributed by atoms with E-state index in [4.69, 9.17) is 5.73 Å². The van der Waals surface area contributed by atoms with E-state index in [-0.39, 0.29) is 16.8 Å². The number of nitro benzene ring substituents is 1. The molecule has 1 saturated heterocycles. The highest BCUT2D eigenvalue weighted by atomic mass is 16.6. The number of carbonyl (C=O) groups excluding carboxylic acids is 3. The number of amides is 3. The molecule has 1 aliphatic rings. The molecule has 168 valence electrons. The number of nitrogens with two attached hydrogens (primary N) is 1. The van der Waals surface area contributed by atoms with Crippen LogP contribution >= 0.6 is 0 Å². The number of nitrogens with zero attached hydrogens (tertiary/aromatic N) is 2. The predicted molar refractivity (Wildman–Crippen MR) is 120 cm³/mol. The number of nitro groups is 1. The lowest BCUT2D eigenvalue weighted by Crippen LogP contribution is -2.42. The average Bonchev–Trinajstić information content (AvgIpc) is 2.79. The number of hydrogen-bond acceptors (Lipinski definition) is 6. The largest absolute Gasteiger partial charge is 0.370 e. The van der Waals surface area contributed by atoms with Crippen molar-refractivity contribution in [2.45, 2.75) is 32.2 Å². The third-order valence-electron chi connectivity index (χ3n) is 5.30. The Bertz CT molecular complexity index is 1050. The summed E-state index contributed by atoms with van der Waals surface area (Å²) >= 11 is 0. The second-order valence-electron chi connectivity index (χ2n) is 7.64. The van der Waals surface area contributed by atoms with Gasteiger partial charge in [-0.15, -0.1) is 0 Å². The summed E-state index contributed by atoms with van der Waals surface area (Å²) in [5.74, 6) is -1.72. The monoisotopic (exact) mass is 439 g/mol. The molecular formula is C22H25N5O5. The fourth-order valence-corrected chi connectivity index (χ4v) is 3.55. The van der Waals surface area contributed by atoms with E-state index in [1.165, 1.54) is 31.2 Å². The lowest BCUT2D eigenvalue weighted by Gasteiger charge is -2.31. The molecular weight excluding hydrogens is 414 g/mol. The van der Waals surface area contributed by atoms with Gasteiger partial charge in [0.15, 0.2) is 0 Å². The van der Waals surface area contributed by atoms with Crippen LogP contribution in [0.1, 0.15) is 46.9 Å². The van der Waals surface area contributed by atoms with Gasteiger partial charge in [-0.1, -0.05) is 6.07 Å². The summed E-state index contributed by atoms with van der Waals surface area (Å²) in [4.78, 5) is 49.4. The maximum Gasteiger partial charge on any atom is 0.270 e. The zero-order chi connectivity index (χ0) is 23.3. The van der Waals surface area contributed by atoms with Gasteiger partial charge in [0.05, 0.1) is 16.3 Å². The number of primary amides is 1. The van der Waals surface area contributed by atoms with Crippen LogP contribution in [0.5, 0.6) is 0 Å². The summed E-state index contributed by atoms with van der Waals surface area (Å²) in [6, 6.07) is 9.22. The van der Waals surface area contributed by atoms with Crippen molar-refractivity contribution in [1.29, 1.82) is 0 Å². The van der Waals surface area contributed by atoms with Crippen molar-refractivity contribution in [2.75, 3.05) is 23.3 Å². The van der Waals surface area contributed by atoms with Crippen LogP contribution in [0.3, 0.4) is 0 Å². The van der Waals surface area contributed by atoms with Crippen LogP contribution in [0.15, 0.2) is 42.5 Å². The molecule has 3 rings (SSSR count).